The predicted octanol–water partition coefficient (Wildman–Crippen LogP) is 4.36. The zero-order valence-corrected chi connectivity index (χ0v) is 15.6. The minimum absolute atomic E-state index is 0.298. The first-order valence-corrected chi connectivity index (χ1v) is 8.63. The molecule has 1 aromatic heterocycles. The van der Waals surface area contributed by atoms with E-state index in [1.807, 2.05) is 37.3 Å². The third kappa shape index (κ3) is 3.97. The molecule has 7 heteroatoms. The second kappa shape index (κ2) is 7.63. The van der Waals surface area contributed by atoms with E-state index in [1.54, 1.807) is 28.9 Å². The molecule has 1 N–H and O–H groups in total. The first-order valence-electron chi connectivity index (χ1n) is 7.46. The van der Waals surface area contributed by atoms with Crippen LogP contribution < -0.4 is 5.43 Å². The Balaban J connectivity index is 1.77. The molecule has 1 amide bonds. The lowest BCUT2D eigenvalue weighted by Crippen LogP contribution is -2.17. The van der Waals surface area contributed by atoms with Crippen LogP contribution in [0, 0.1) is 6.92 Å². The fourth-order valence-electron chi connectivity index (χ4n) is 2.22. The number of hydrazone groups is 1. The highest BCUT2D eigenvalue weighted by molar-refractivity contribution is 9.10. The Morgan fingerprint density at radius 1 is 1.20 bits per heavy atom. The monoisotopic (exact) mass is 416 g/mol. The summed E-state index contributed by atoms with van der Waals surface area (Å²) in [6.07, 6.45) is 1.50. The van der Waals surface area contributed by atoms with Crippen molar-refractivity contribution in [3.8, 4) is 5.69 Å². The van der Waals surface area contributed by atoms with Gasteiger partial charge in [-0.1, -0.05) is 45.7 Å². The molecule has 0 fully saturated rings. The van der Waals surface area contributed by atoms with Crippen LogP contribution in [0.1, 0.15) is 21.6 Å². The molecule has 0 aliphatic rings. The molecule has 0 bridgehead atoms. The van der Waals surface area contributed by atoms with Crippen LogP contribution in [0.3, 0.4) is 0 Å². The molecule has 25 heavy (non-hydrogen) atoms. The Morgan fingerprint density at radius 3 is 2.56 bits per heavy atom. The number of hydrogen-bond acceptors (Lipinski definition) is 3. The van der Waals surface area contributed by atoms with E-state index in [2.05, 4.69) is 31.6 Å². The molecule has 0 saturated carbocycles. The molecular formula is C18H14BrClN4O. The van der Waals surface area contributed by atoms with Gasteiger partial charge in [-0.2, -0.15) is 10.2 Å². The molecule has 0 spiro atoms. The number of amides is 1. The lowest BCUT2D eigenvalue weighted by molar-refractivity contribution is 0.0955. The fraction of sp³-hybridized carbons (Fsp3) is 0.0556. The summed E-state index contributed by atoms with van der Waals surface area (Å²) in [5, 5.41) is 8.85. The summed E-state index contributed by atoms with van der Waals surface area (Å²) >= 11 is 9.74. The maximum Gasteiger partial charge on any atom is 0.271 e. The lowest BCUT2D eigenvalue weighted by Gasteiger charge is -2.02. The van der Waals surface area contributed by atoms with Crippen molar-refractivity contribution in [2.24, 2.45) is 5.10 Å². The van der Waals surface area contributed by atoms with Crippen molar-refractivity contribution < 1.29 is 4.79 Å². The van der Waals surface area contributed by atoms with Gasteiger partial charge >= 0.3 is 0 Å². The number of hydrogen-bond donors (Lipinski definition) is 1. The summed E-state index contributed by atoms with van der Waals surface area (Å²) in [7, 11) is 0. The second-order valence-corrected chi connectivity index (χ2v) is 6.52. The quantitative estimate of drug-likeness (QED) is 0.506. The smallest absolute Gasteiger partial charge is 0.267 e. The van der Waals surface area contributed by atoms with Crippen molar-refractivity contribution in [2.75, 3.05) is 0 Å². The summed E-state index contributed by atoms with van der Waals surface area (Å²) in [4.78, 5) is 12.0. The maximum atomic E-state index is 12.0. The number of aromatic nitrogens is 2. The summed E-state index contributed by atoms with van der Waals surface area (Å²) in [6, 6.07) is 16.6. The summed E-state index contributed by atoms with van der Waals surface area (Å²) in [5.74, 6) is -0.298. The third-order valence-corrected chi connectivity index (χ3v) is 4.41. The van der Waals surface area contributed by atoms with E-state index in [0.717, 1.165) is 15.9 Å². The van der Waals surface area contributed by atoms with Gasteiger partial charge in [-0.3, -0.25) is 4.79 Å². The molecule has 0 radical (unpaired) electrons. The minimum atomic E-state index is -0.298. The fourth-order valence-corrected chi connectivity index (χ4v) is 2.80. The van der Waals surface area contributed by atoms with Gasteiger partial charge in [-0.05, 0) is 43.3 Å². The van der Waals surface area contributed by atoms with Crippen molar-refractivity contribution in [3.63, 3.8) is 0 Å². The van der Waals surface area contributed by atoms with E-state index in [4.69, 9.17) is 11.6 Å². The number of carbonyl (C=O) groups is 1. The Hall–Kier alpha value is -2.44. The normalized spacial score (nSPS) is 11.0. The minimum Gasteiger partial charge on any atom is -0.267 e. The molecule has 1 heterocycles. The van der Waals surface area contributed by atoms with Crippen molar-refractivity contribution in [2.45, 2.75) is 6.92 Å². The highest BCUT2D eigenvalue weighted by Gasteiger charge is 2.13. The molecule has 0 unspecified atom stereocenters. The highest BCUT2D eigenvalue weighted by Crippen LogP contribution is 2.21. The molecular weight excluding hydrogens is 404 g/mol. The van der Waals surface area contributed by atoms with Crippen LogP contribution in [0.2, 0.25) is 5.15 Å². The molecule has 3 aromatic rings. The van der Waals surface area contributed by atoms with E-state index < -0.39 is 0 Å². The zero-order chi connectivity index (χ0) is 17.8. The number of benzene rings is 2. The lowest BCUT2D eigenvalue weighted by atomic mass is 10.2. The van der Waals surface area contributed by atoms with Gasteiger partial charge in [-0.15, -0.1) is 0 Å². The largest absolute Gasteiger partial charge is 0.271 e. The summed E-state index contributed by atoms with van der Waals surface area (Å²) in [5.41, 5.74) is 5.23. The number of halogens is 2. The Kier molecular flexibility index (Phi) is 5.31. The number of nitrogens with zero attached hydrogens (tertiary/aromatic N) is 3. The van der Waals surface area contributed by atoms with Crippen LogP contribution >= 0.6 is 27.5 Å². The molecule has 2 aromatic carbocycles. The van der Waals surface area contributed by atoms with E-state index >= 15 is 0 Å². The maximum absolute atomic E-state index is 12.0. The third-order valence-electron chi connectivity index (χ3n) is 3.51. The van der Waals surface area contributed by atoms with Gasteiger partial charge in [0.05, 0.1) is 23.2 Å². The first-order chi connectivity index (χ1) is 12.1. The number of carbonyl (C=O) groups excluding carboxylic acids is 1. The molecule has 126 valence electrons. The zero-order valence-electron chi connectivity index (χ0n) is 13.3. The molecule has 0 aliphatic heterocycles. The number of aryl methyl sites for hydroxylation is 1. The van der Waals surface area contributed by atoms with E-state index in [0.29, 0.717) is 16.3 Å². The van der Waals surface area contributed by atoms with Crippen molar-refractivity contribution in [1.29, 1.82) is 0 Å². The van der Waals surface area contributed by atoms with E-state index in [9.17, 15) is 4.79 Å². The van der Waals surface area contributed by atoms with Gasteiger partial charge in [0.15, 0.2) is 0 Å². The van der Waals surface area contributed by atoms with E-state index in [-0.39, 0.29) is 5.91 Å². The van der Waals surface area contributed by atoms with Gasteiger partial charge in [0.25, 0.3) is 5.91 Å². The van der Waals surface area contributed by atoms with Crippen LogP contribution in [-0.4, -0.2) is 21.9 Å². The van der Waals surface area contributed by atoms with Crippen LogP contribution in [0.15, 0.2) is 64.2 Å². The predicted molar refractivity (Wildman–Crippen MR) is 103 cm³/mol. The van der Waals surface area contributed by atoms with Crippen LogP contribution in [0.5, 0.6) is 0 Å². The number of nitrogens with one attached hydrogen (secondary N) is 1. The van der Waals surface area contributed by atoms with Gasteiger partial charge in [0.1, 0.15) is 5.15 Å². The standard InChI is InChI=1S/C18H14BrClN4O/c1-12-16(17(20)24(23-12)15-5-3-2-4-6-15)11-21-22-18(25)13-7-9-14(19)10-8-13/h2-11H,1H3,(H,22,25). The van der Waals surface area contributed by atoms with Crippen LogP contribution in [0.25, 0.3) is 5.69 Å². The van der Waals surface area contributed by atoms with Gasteiger partial charge in [-0.25, -0.2) is 10.1 Å². The molecule has 0 atom stereocenters. The molecule has 5 nitrogen and oxygen atoms in total. The van der Waals surface area contributed by atoms with Crippen LogP contribution in [0.4, 0.5) is 0 Å². The molecule has 0 saturated heterocycles. The second-order valence-electron chi connectivity index (χ2n) is 5.24. The van der Waals surface area contributed by atoms with Gasteiger partial charge in [0.2, 0.25) is 0 Å². The molecule has 0 aliphatic carbocycles. The summed E-state index contributed by atoms with van der Waals surface area (Å²) in [6.45, 7) is 1.84. The summed E-state index contributed by atoms with van der Waals surface area (Å²) < 4.78 is 2.54. The average Bonchev–Trinajstić information content (AvgIpc) is 2.91. The highest BCUT2D eigenvalue weighted by atomic mass is 79.9. The number of para-hydroxylation sites is 1. The molecule has 3 rings (SSSR count). The van der Waals surface area contributed by atoms with Crippen LogP contribution in [-0.2, 0) is 0 Å². The van der Waals surface area contributed by atoms with Gasteiger partial charge < -0.3 is 0 Å². The van der Waals surface area contributed by atoms with Crippen molar-refractivity contribution in [1.82, 2.24) is 15.2 Å². The SMILES string of the molecule is Cc1nn(-c2ccccc2)c(Cl)c1C=NNC(=O)c1ccc(Br)cc1. The van der Waals surface area contributed by atoms with E-state index in [1.165, 1.54) is 6.21 Å². The Morgan fingerprint density at radius 2 is 1.88 bits per heavy atom. The van der Waals surface area contributed by atoms with Crippen molar-refractivity contribution >= 4 is 39.7 Å². The van der Waals surface area contributed by atoms with Gasteiger partial charge in [0, 0.05) is 10.0 Å². The number of rotatable bonds is 4. The Labute approximate surface area is 158 Å². The average molecular weight is 418 g/mol. The first kappa shape index (κ1) is 17.4. The Bertz CT molecular complexity index is 920. The van der Waals surface area contributed by atoms with Crippen molar-refractivity contribution in [3.05, 3.63) is 81.0 Å². The topological polar surface area (TPSA) is 59.3 Å².